The summed E-state index contributed by atoms with van der Waals surface area (Å²) < 4.78 is 5.29. The molecule has 0 radical (unpaired) electrons. The molecule has 2 aromatic rings. The van der Waals surface area contributed by atoms with Gasteiger partial charge >= 0.3 is 6.09 Å². The van der Waals surface area contributed by atoms with E-state index in [-0.39, 0.29) is 6.10 Å². The Morgan fingerprint density at radius 1 is 1.21 bits per heavy atom. The second-order valence-electron chi connectivity index (χ2n) is 4.66. The first kappa shape index (κ1) is 13.4. The maximum atomic E-state index is 11.8. The summed E-state index contributed by atoms with van der Waals surface area (Å²) in [5.74, 6) is 0. The van der Waals surface area contributed by atoms with E-state index in [2.05, 4.69) is 12.2 Å². The number of hydrogen-bond donors (Lipinski definition) is 1. The minimum absolute atomic E-state index is 0.0556. The Kier molecular flexibility index (Phi) is 4.39. The van der Waals surface area contributed by atoms with E-state index >= 15 is 0 Å². The van der Waals surface area contributed by atoms with Gasteiger partial charge in [-0.1, -0.05) is 49.7 Å². The van der Waals surface area contributed by atoms with Crippen LogP contribution in [-0.2, 0) is 4.74 Å². The van der Waals surface area contributed by atoms with Gasteiger partial charge in [-0.2, -0.15) is 0 Å². The summed E-state index contributed by atoms with van der Waals surface area (Å²) in [7, 11) is 0. The van der Waals surface area contributed by atoms with Crippen LogP contribution in [0.1, 0.15) is 26.7 Å². The normalized spacial score (nSPS) is 12.1. The molecule has 0 saturated heterocycles. The molecule has 1 N–H and O–H groups in total. The van der Waals surface area contributed by atoms with Crippen LogP contribution in [0.2, 0.25) is 0 Å². The predicted molar refractivity (Wildman–Crippen MR) is 78.4 cm³/mol. The molecule has 0 saturated carbocycles. The van der Waals surface area contributed by atoms with Gasteiger partial charge < -0.3 is 4.74 Å². The standard InChI is InChI=1S/C16H19NO2/c1-3-7-12(2)19-16(18)17-15-11-6-9-13-8-4-5-10-14(13)15/h4-6,8-12H,3,7H2,1-2H3,(H,17,18)/t12-/m0/s1. The van der Waals surface area contributed by atoms with Crippen LogP contribution >= 0.6 is 0 Å². The van der Waals surface area contributed by atoms with Crippen molar-refractivity contribution >= 4 is 22.6 Å². The van der Waals surface area contributed by atoms with Gasteiger partial charge in [0.05, 0.1) is 5.69 Å². The molecule has 0 aromatic heterocycles. The SMILES string of the molecule is CCC[C@H](C)OC(=O)Nc1cccc2ccccc12. The highest BCUT2D eigenvalue weighted by atomic mass is 16.6. The third kappa shape index (κ3) is 3.47. The highest BCUT2D eigenvalue weighted by molar-refractivity contribution is 6.00. The Morgan fingerprint density at radius 3 is 2.74 bits per heavy atom. The van der Waals surface area contributed by atoms with Crippen LogP contribution in [0.3, 0.4) is 0 Å². The van der Waals surface area contributed by atoms with Gasteiger partial charge in [-0.25, -0.2) is 4.79 Å². The smallest absolute Gasteiger partial charge is 0.411 e. The quantitative estimate of drug-likeness (QED) is 0.870. The number of carbonyl (C=O) groups is 1. The minimum Gasteiger partial charge on any atom is -0.446 e. The average Bonchev–Trinajstić information content (AvgIpc) is 2.39. The summed E-state index contributed by atoms with van der Waals surface area (Å²) in [6.07, 6.45) is 1.43. The van der Waals surface area contributed by atoms with Gasteiger partial charge in [0.2, 0.25) is 0 Å². The largest absolute Gasteiger partial charge is 0.446 e. The van der Waals surface area contributed by atoms with Crippen molar-refractivity contribution in [3.63, 3.8) is 0 Å². The van der Waals surface area contributed by atoms with Gasteiger partial charge in [-0.15, -0.1) is 0 Å². The fraction of sp³-hybridized carbons (Fsp3) is 0.312. The topological polar surface area (TPSA) is 38.3 Å². The van der Waals surface area contributed by atoms with Gasteiger partial charge in [0.1, 0.15) is 6.10 Å². The Labute approximate surface area is 113 Å². The number of anilines is 1. The molecule has 1 amide bonds. The van der Waals surface area contributed by atoms with Gasteiger partial charge in [0, 0.05) is 5.39 Å². The zero-order chi connectivity index (χ0) is 13.7. The number of nitrogens with one attached hydrogen (secondary N) is 1. The van der Waals surface area contributed by atoms with Crippen molar-refractivity contribution in [2.24, 2.45) is 0 Å². The van der Waals surface area contributed by atoms with Crippen molar-refractivity contribution in [2.45, 2.75) is 32.8 Å². The van der Waals surface area contributed by atoms with E-state index in [9.17, 15) is 4.79 Å². The molecule has 0 aliphatic carbocycles. The van der Waals surface area contributed by atoms with Crippen LogP contribution in [0, 0.1) is 0 Å². The lowest BCUT2D eigenvalue weighted by atomic mass is 10.1. The predicted octanol–water partition coefficient (Wildman–Crippen LogP) is 4.58. The van der Waals surface area contributed by atoms with Crippen molar-refractivity contribution in [2.75, 3.05) is 5.32 Å². The lowest BCUT2D eigenvalue weighted by Crippen LogP contribution is -2.20. The Morgan fingerprint density at radius 2 is 1.95 bits per heavy atom. The first-order chi connectivity index (χ1) is 9.20. The van der Waals surface area contributed by atoms with Crippen molar-refractivity contribution in [1.82, 2.24) is 0 Å². The number of rotatable bonds is 4. The third-order valence-electron chi connectivity index (χ3n) is 3.03. The van der Waals surface area contributed by atoms with E-state index in [1.165, 1.54) is 0 Å². The third-order valence-corrected chi connectivity index (χ3v) is 3.03. The second kappa shape index (κ2) is 6.23. The summed E-state index contributed by atoms with van der Waals surface area (Å²) in [5, 5.41) is 4.93. The highest BCUT2D eigenvalue weighted by Crippen LogP contribution is 2.23. The Balaban J connectivity index is 2.11. The van der Waals surface area contributed by atoms with E-state index in [0.717, 1.165) is 29.3 Å². The van der Waals surface area contributed by atoms with E-state index < -0.39 is 6.09 Å². The molecule has 1 atom stereocenters. The monoisotopic (exact) mass is 257 g/mol. The summed E-state index contributed by atoms with van der Waals surface area (Å²) >= 11 is 0. The van der Waals surface area contributed by atoms with Gasteiger partial charge in [-0.3, -0.25) is 5.32 Å². The van der Waals surface area contributed by atoms with Crippen molar-refractivity contribution < 1.29 is 9.53 Å². The molecule has 0 bridgehead atoms. The van der Waals surface area contributed by atoms with Crippen LogP contribution in [0.5, 0.6) is 0 Å². The molecule has 0 fully saturated rings. The average molecular weight is 257 g/mol. The van der Waals surface area contributed by atoms with Crippen molar-refractivity contribution in [3.05, 3.63) is 42.5 Å². The van der Waals surface area contributed by atoms with E-state index in [0.29, 0.717) is 0 Å². The number of benzene rings is 2. The Bertz CT molecular complexity index is 560. The van der Waals surface area contributed by atoms with Gasteiger partial charge in [-0.05, 0) is 24.8 Å². The number of hydrogen-bond acceptors (Lipinski definition) is 2. The fourth-order valence-corrected chi connectivity index (χ4v) is 2.12. The molecule has 19 heavy (non-hydrogen) atoms. The number of amides is 1. The van der Waals surface area contributed by atoms with E-state index in [4.69, 9.17) is 4.74 Å². The summed E-state index contributed by atoms with van der Waals surface area (Å²) in [6, 6.07) is 13.8. The molecular weight excluding hydrogens is 238 g/mol. The molecule has 0 aliphatic rings. The van der Waals surface area contributed by atoms with Crippen LogP contribution < -0.4 is 5.32 Å². The molecule has 3 nitrogen and oxygen atoms in total. The molecule has 3 heteroatoms. The molecule has 2 aromatic carbocycles. The maximum absolute atomic E-state index is 11.8. The number of carbonyl (C=O) groups excluding carboxylic acids is 1. The first-order valence-corrected chi connectivity index (χ1v) is 6.66. The maximum Gasteiger partial charge on any atom is 0.411 e. The Hall–Kier alpha value is -2.03. The fourth-order valence-electron chi connectivity index (χ4n) is 2.12. The van der Waals surface area contributed by atoms with Crippen molar-refractivity contribution in [1.29, 1.82) is 0 Å². The minimum atomic E-state index is -0.391. The lowest BCUT2D eigenvalue weighted by Gasteiger charge is -2.14. The zero-order valence-electron chi connectivity index (χ0n) is 11.3. The molecule has 0 heterocycles. The van der Waals surface area contributed by atoms with E-state index in [1.807, 2.05) is 49.4 Å². The molecular formula is C16H19NO2. The molecule has 0 aliphatic heterocycles. The van der Waals surface area contributed by atoms with Gasteiger partial charge in [0.25, 0.3) is 0 Å². The van der Waals surface area contributed by atoms with E-state index in [1.54, 1.807) is 0 Å². The van der Waals surface area contributed by atoms with Crippen LogP contribution in [0.25, 0.3) is 10.8 Å². The van der Waals surface area contributed by atoms with Crippen LogP contribution in [0.4, 0.5) is 10.5 Å². The number of ether oxygens (including phenoxy) is 1. The second-order valence-corrected chi connectivity index (χ2v) is 4.66. The number of fused-ring (bicyclic) bond motifs is 1. The highest BCUT2D eigenvalue weighted by Gasteiger charge is 2.10. The van der Waals surface area contributed by atoms with Crippen LogP contribution in [-0.4, -0.2) is 12.2 Å². The lowest BCUT2D eigenvalue weighted by molar-refractivity contribution is 0.115. The first-order valence-electron chi connectivity index (χ1n) is 6.66. The molecule has 100 valence electrons. The molecule has 0 spiro atoms. The summed E-state index contributed by atoms with van der Waals surface area (Å²) in [6.45, 7) is 3.98. The summed E-state index contributed by atoms with van der Waals surface area (Å²) in [4.78, 5) is 11.8. The zero-order valence-corrected chi connectivity index (χ0v) is 11.3. The molecule has 0 unspecified atom stereocenters. The molecule has 2 rings (SSSR count). The van der Waals surface area contributed by atoms with Crippen molar-refractivity contribution in [3.8, 4) is 0 Å². The van der Waals surface area contributed by atoms with Gasteiger partial charge in [0.15, 0.2) is 0 Å². The van der Waals surface area contributed by atoms with Crippen LogP contribution in [0.15, 0.2) is 42.5 Å². The summed E-state index contributed by atoms with van der Waals surface area (Å²) in [5.41, 5.74) is 0.784.